The molecule has 3 heteroatoms. The summed E-state index contributed by atoms with van der Waals surface area (Å²) in [6.07, 6.45) is 7.10. The van der Waals surface area contributed by atoms with Crippen molar-refractivity contribution in [3.8, 4) is 0 Å². The maximum Gasteiger partial charge on any atom is 0.0853 e. The first-order valence-corrected chi connectivity index (χ1v) is 6.89. The Bertz CT molecular complexity index is 370. The fourth-order valence-electron chi connectivity index (χ4n) is 3.00. The third kappa shape index (κ3) is 2.82. The van der Waals surface area contributed by atoms with Gasteiger partial charge in [-0.2, -0.15) is 5.10 Å². The summed E-state index contributed by atoms with van der Waals surface area (Å²) >= 11 is 0. The Morgan fingerprint density at radius 3 is 2.82 bits per heavy atom. The highest BCUT2D eigenvalue weighted by atomic mass is 15.3. The van der Waals surface area contributed by atoms with Crippen LogP contribution in [0.1, 0.15) is 45.7 Å². The highest BCUT2D eigenvalue weighted by Crippen LogP contribution is 2.31. The third-order valence-electron chi connectivity index (χ3n) is 4.01. The van der Waals surface area contributed by atoms with E-state index in [1.807, 2.05) is 11.7 Å². The highest BCUT2D eigenvalue weighted by molar-refractivity contribution is 5.47. The fourth-order valence-corrected chi connectivity index (χ4v) is 3.00. The Balaban J connectivity index is 2.04. The number of nitrogens with zero attached hydrogens (tertiary/aromatic N) is 2. The molecule has 1 fully saturated rings. The van der Waals surface area contributed by atoms with E-state index in [0.29, 0.717) is 6.04 Å². The molecule has 1 aliphatic carbocycles. The summed E-state index contributed by atoms with van der Waals surface area (Å²) in [5, 5.41) is 8.20. The Morgan fingerprint density at radius 2 is 2.18 bits per heavy atom. The lowest BCUT2D eigenvalue weighted by molar-refractivity contribution is 0.276. The van der Waals surface area contributed by atoms with Crippen LogP contribution in [0.15, 0.2) is 6.20 Å². The van der Waals surface area contributed by atoms with E-state index in [1.165, 1.54) is 30.6 Å². The van der Waals surface area contributed by atoms with Crippen molar-refractivity contribution in [3.63, 3.8) is 0 Å². The van der Waals surface area contributed by atoms with Crippen molar-refractivity contribution in [1.82, 2.24) is 9.78 Å². The molecule has 0 amide bonds. The number of rotatable bonds is 3. The van der Waals surface area contributed by atoms with E-state index in [0.717, 1.165) is 18.3 Å². The lowest BCUT2D eigenvalue weighted by atomic mass is 9.80. The molecule has 0 aromatic carbocycles. The van der Waals surface area contributed by atoms with Crippen LogP contribution in [0.4, 0.5) is 5.69 Å². The first kappa shape index (κ1) is 12.5. The molecule has 1 heterocycles. The summed E-state index contributed by atoms with van der Waals surface area (Å²) in [7, 11) is 2.00. The van der Waals surface area contributed by atoms with Crippen LogP contribution in [0.25, 0.3) is 0 Å². The van der Waals surface area contributed by atoms with Gasteiger partial charge in [-0.05, 0) is 37.5 Å². The highest BCUT2D eigenvalue weighted by Gasteiger charge is 2.25. The van der Waals surface area contributed by atoms with E-state index in [1.54, 1.807) is 0 Å². The van der Waals surface area contributed by atoms with Crippen molar-refractivity contribution in [3.05, 3.63) is 11.9 Å². The molecular formula is C14H25N3. The number of hydrogen-bond acceptors (Lipinski definition) is 2. The van der Waals surface area contributed by atoms with Crippen LogP contribution >= 0.6 is 0 Å². The van der Waals surface area contributed by atoms with Gasteiger partial charge in [-0.15, -0.1) is 0 Å². The maximum absolute atomic E-state index is 4.49. The minimum atomic E-state index is 0.626. The van der Waals surface area contributed by atoms with Crippen molar-refractivity contribution < 1.29 is 0 Å². The van der Waals surface area contributed by atoms with Crippen LogP contribution in [0.2, 0.25) is 0 Å². The number of aryl methyl sites for hydroxylation is 2. The standard InChI is InChI=1S/C14H25N3/c1-5-12-14(9-17(4)16-12)15-13-7-6-10(2)8-11(13)3/h9-11,13,15H,5-8H2,1-4H3. The van der Waals surface area contributed by atoms with Crippen molar-refractivity contribution in [2.45, 2.75) is 52.5 Å². The molecule has 1 aromatic rings. The average molecular weight is 235 g/mol. The maximum atomic E-state index is 4.49. The second-order valence-corrected chi connectivity index (χ2v) is 5.66. The lowest BCUT2D eigenvalue weighted by Gasteiger charge is -2.33. The molecule has 1 aliphatic rings. The normalized spacial score (nSPS) is 29.3. The van der Waals surface area contributed by atoms with Crippen molar-refractivity contribution in [2.75, 3.05) is 5.32 Å². The van der Waals surface area contributed by atoms with Gasteiger partial charge in [0.1, 0.15) is 0 Å². The van der Waals surface area contributed by atoms with Crippen molar-refractivity contribution in [1.29, 1.82) is 0 Å². The van der Waals surface area contributed by atoms with Crippen LogP contribution in [0, 0.1) is 11.8 Å². The molecule has 96 valence electrons. The monoisotopic (exact) mass is 235 g/mol. The van der Waals surface area contributed by atoms with Gasteiger partial charge in [-0.1, -0.05) is 20.8 Å². The predicted molar refractivity (Wildman–Crippen MR) is 72.2 cm³/mol. The van der Waals surface area contributed by atoms with Gasteiger partial charge >= 0.3 is 0 Å². The van der Waals surface area contributed by atoms with Gasteiger partial charge < -0.3 is 5.32 Å². The molecular weight excluding hydrogens is 210 g/mol. The van der Waals surface area contributed by atoms with E-state index >= 15 is 0 Å². The summed E-state index contributed by atoms with van der Waals surface area (Å²) < 4.78 is 1.91. The molecule has 0 aliphatic heterocycles. The zero-order valence-corrected chi connectivity index (χ0v) is 11.5. The van der Waals surface area contributed by atoms with Gasteiger partial charge in [-0.3, -0.25) is 4.68 Å². The largest absolute Gasteiger partial charge is 0.379 e. The molecule has 0 saturated heterocycles. The Kier molecular flexibility index (Phi) is 3.75. The predicted octanol–water partition coefficient (Wildman–Crippen LogP) is 3.22. The molecule has 1 N–H and O–H groups in total. The molecule has 3 nitrogen and oxygen atoms in total. The smallest absolute Gasteiger partial charge is 0.0853 e. The molecule has 1 saturated carbocycles. The van der Waals surface area contributed by atoms with Gasteiger partial charge in [0, 0.05) is 19.3 Å². The van der Waals surface area contributed by atoms with E-state index in [-0.39, 0.29) is 0 Å². The number of hydrogen-bond donors (Lipinski definition) is 1. The Labute approximate surface area is 105 Å². The van der Waals surface area contributed by atoms with E-state index in [2.05, 4.69) is 37.4 Å². The van der Waals surface area contributed by atoms with Crippen molar-refractivity contribution in [2.24, 2.45) is 18.9 Å². The lowest BCUT2D eigenvalue weighted by Crippen LogP contribution is -2.33. The van der Waals surface area contributed by atoms with E-state index in [4.69, 9.17) is 0 Å². The second-order valence-electron chi connectivity index (χ2n) is 5.66. The molecule has 3 atom stereocenters. The molecule has 2 rings (SSSR count). The summed E-state index contributed by atoms with van der Waals surface area (Å²) in [5.74, 6) is 1.66. The van der Waals surface area contributed by atoms with E-state index < -0.39 is 0 Å². The zero-order chi connectivity index (χ0) is 12.4. The molecule has 1 aromatic heterocycles. The summed E-state index contributed by atoms with van der Waals surface area (Å²) in [5.41, 5.74) is 2.43. The SMILES string of the molecule is CCc1nn(C)cc1NC1CCC(C)CC1C. The first-order valence-electron chi connectivity index (χ1n) is 6.89. The summed E-state index contributed by atoms with van der Waals surface area (Å²) in [6.45, 7) is 6.91. The van der Waals surface area contributed by atoms with Gasteiger partial charge in [-0.25, -0.2) is 0 Å². The fraction of sp³-hybridized carbons (Fsp3) is 0.786. The van der Waals surface area contributed by atoms with Crippen LogP contribution in [-0.2, 0) is 13.5 Å². The third-order valence-corrected chi connectivity index (χ3v) is 4.01. The van der Waals surface area contributed by atoms with E-state index in [9.17, 15) is 0 Å². The molecule has 3 unspecified atom stereocenters. The second kappa shape index (κ2) is 5.11. The first-order chi connectivity index (χ1) is 8.10. The van der Waals surface area contributed by atoms with Crippen LogP contribution in [0.5, 0.6) is 0 Å². The molecule has 0 spiro atoms. The summed E-state index contributed by atoms with van der Waals surface area (Å²) in [6, 6.07) is 0.626. The molecule has 0 bridgehead atoms. The number of anilines is 1. The Morgan fingerprint density at radius 1 is 1.41 bits per heavy atom. The minimum Gasteiger partial charge on any atom is -0.379 e. The van der Waals surface area contributed by atoms with Crippen LogP contribution < -0.4 is 5.32 Å². The average Bonchev–Trinajstić information content (AvgIpc) is 2.63. The van der Waals surface area contributed by atoms with Crippen LogP contribution in [0.3, 0.4) is 0 Å². The van der Waals surface area contributed by atoms with Crippen molar-refractivity contribution >= 4 is 5.69 Å². The minimum absolute atomic E-state index is 0.626. The Hall–Kier alpha value is -0.990. The molecule has 0 radical (unpaired) electrons. The van der Waals surface area contributed by atoms with Gasteiger partial charge in [0.2, 0.25) is 0 Å². The zero-order valence-electron chi connectivity index (χ0n) is 11.5. The quantitative estimate of drug-likeness (QED) is 0.871. The topological polar surface area (TPSA) is 29.9 Å². The van der Waals surface area contributed by atoms with Gasteiger partial charge in [0.25, 0.3) is 0 Å². The summed E-state index contributed by atoms with van der Waals surface area (Å²) in [4.78, 5) is 0. The van der Waals surface area contributed by atoms with Gasteiger partial charge in [0.05, 0.1) is 11.4 Å². The van der Waals surface area contributed by atoms with Gasteiger partial charge in [0.15, 0.2) is 0 Å². The van der Waals surface area contributed by atoms with Crippen LogP contribution in [-0.4, -0.2) is 15.8 Å². The number of nitrogens with one attached hydrogen (secondary N) is 1. The number of aromatic nitrogens is 2. The molecule has 17 heavy (non-hydrogen) atoms.